The van der Waals surface area contributed by atoms with E-state index in [9.17, 15) is 0 Å². The second kappa shape index (κ2) is 4.38. The lowest BCUT2D eigenvalue weighted by Gasteiger charge is -2.44. The number of hydrogen-bond acceptors (Lipinski definition) is 3. The van der Waals surface area contributed by atoms with Crippen LogP contribution in [0.3, 0.4) is 0 Å². The summed E-state index contributed by atoms with van der Waals surface area (Å²) in [5, 5.41) is 0. The molecule has 21 heavy (non-hydrogen) atoms. The molecule has 0 spiro atoms. The van der Waals surface area contributed by atoms with E-state index >= 15 is 0 Å². The van der Waals surface area contributed by atoms with Gasteiger partial charge in [-0.25, -0.2) is 0 Å². The number of rotatable bonds is 3. The molecule has 2 bridgehead atoms. The molecule has 3 aliphatic rings. The zero-order valence-corrected chi connectivity index (χ0v) is 12.5. The minimum atomic E-state index is 0.0305. The number of nitrogens with zero attached hydrogens (tertiary/aromatic N) is 1. The maximum absolute atomic E-state index is 5.61. The summed E-state index contributed by atoms with van der Waals surface area (Å²) in [4.78, 5) is 2.57. The number of benzene rings is 1. The Balaban J connectivity index is 1.92. The van der Waals surface area contributed by atoms with Crippen LogP contribution in [0.15, 0.2) is 36.9 Å². The summed E-state index contributed by atoms with van der Waals surface area (Å²) in [6.45, 7) is 12.9. The highest BCUT2D eigenvalue weighted by Gasteiger charge is 2.52. The molecule has 0 aromatic heterocycles. The molecule has 3 heteroatoms. The monoisotopic (exact) mass is 283 g/mol. The minimum Gasteiger partial charge on any atom is -0.454 e. The molecule has 110 valence electrons. The first kappa shape index (κ1) is 13.0. The van der Waals surface area contributed by atoms with Crippen molar-refractivity contribution < 1.29 is 9.47 Å². The first-order chi connectivity index (χ1) is 10.2. The molecule has 3 aliphatic heterocycles. The summed E-state index contributed by atoms with van der Waals surface area (Å²) >= 11 is 0. The highest BCUT2D eigenvalue weighted by Crippen LogP contribution is 2.53. The number of fused-ring (bicyclic) bond motifs is 5. The Kier molecular flexibility index (Phi) is 2.70. The highest BCUT2D eigenvalue weighted by atomic mass is 16.7. The second-order valence-electron chi connectivity index (χ2n) is 6.37. The molecule has 3 atom stereocenters. The van der Waals surface area contributed by atoms with Crippen molar-refractivity contribution in [2.75, 3.05) is 13.3 Å². The van der Waals surface area contributed by atoms with Crippen molar-refractivity contribution in [2.24, 2.45) is 0 Å². The van der Waals surface area contributed by atoms with Gasteiger partial charge in [0.25, 0.3) is 0 Å². The van der Waals surface area contributed by atoms with Gasteiger partial charge in [-0.2, -0.15) is 0 Å². The first-order valence-electron chi connectivity index (χ1n) is 7.61. The third-order valence-electron chi connectivity index (χ3n) is 5.41. The maximum Gasteiger partial charge on any atom is 0.231 e. The first-order valence-corrected chi connectivity index (χ1v) is 7.61. The van der Waals surface area contributed by atoms with E-state index < -0.39 is 0 Å². The molecule has 0 saturated carbocycles. The summed E-state index contributed by atoms with van der Waals surface area (Å²) in [5.41, 5.74) is 4.03. The summed E-state index contributed by atoms with van der Waals surface area (Å²) in [6.07, 6.45) is 4.17. The van der Waals surface area contributed by atoms with Crippen molar-refractivity contribution in [3.05, 3.63) is 48.1 Å². The molecule has 3 nitrogen and oxygen atoms in total. The smallest absolute Gasteiger partial charge is 0.231 e. The zero-order valence-electron chi connectivity index (χ0n) is 12.5. The van der Waals surface area contributed by atoms with Crippen molar-refractivity contribution in [2.45, 2.75) is 37.8 Å². The summed E-state index contributed by atoms with van der Waals surface area (Å²) in [5.74, 6) is 1.76. The van der Waals surface area contributed by atoms with Crippen LogP contribution in [0.4, 0.5) is 0 Å². The van der Waals surface area contributed by atoms with Crippen LogP contribution >= 0.6 is 0 Å². The molecule has 1 aromatic carbocycles. The van der Waals surface area contributed by atoms with Crippen LogP contribution < -0.4 is 9.47 Å². The van der Waals surface area contributed by atoms with Crippen LogP contribution in [0.2, 0.25) is 0 Å². The predicted molar refractivity (Wildman–Crippen MR) is 82.7 cm³/mol. The van der Waals surface area contributed by atoms with Crippen molar-refractivity contribution in [1.82, 2.24) is 4.90 Å². The third-order valence-corrected chi connectivity index (χ3v) is 5.41. The average Bonchev–Trinajstić information content (AvgIpc) is 3.00. The predicted octanol–water partition coefficient (Wildman–Crippen LogP) is 3.39. The molecule has 1 saturated heterocycles. The third kappa shape index (κ3) is 1.58. The van der Waals surface area contributed by atoms with E-state index in [1.807, 2.05) is 6.08 Å². The van der Waals surface area contributed by atoms with Gasteiger partial charge < -0.3 is 9.47 Å². The normalized spacial score (nSPS) is 31.9. The van der Waals surface area contributed by atoms with Crippen LogP contribution in [0, 0.1) is 0 Å². The van der Waals surface area contributed by atoms with Crippen LogP contribution in [0.1, 0.15) is 30.9 Å². The van der Waals surface area contributed by atoms with Crippen LogP contribution in [0.5, 0.6) is 11.5 Å². The number of hydrogen-bond donors (Lipinski definition) is 0. The molecule has 0 aliphatic carbocycles. The molecular formula is C18H21NO2. The molecule has 1 unspecified atom stereocenters. The standard InChI is InChI=1S/C18H21NO2/c1-4-5-17-18(12(2)3)6-7-19(17)10-13-8-15-16(9-14(13)18)21-11-20-15/h4,8-9,17H,1-2,5-7,10-11H2,3H3/t17-,18+/m0/s1. The lowest BCUT2D eigenvalue weighted by molar-refractivity contribution is 0.174. The molecule has 3 heterocycles. The fourth-order valence-corrected chi connectivity index (χ4v) is 4.44. The molecule has 0 N–H and O–H groups in total. The van der Waals surface area contributed by atoms with E-state index in [4.69, 9.17) is 9.47 Å². The van der Waals surface area contributed by atoms with E-state index in [1.165, 1.54) is 16.7 Å². The van der Waals surface area contributed by atoms with Gasteiger partial charge in [0, 0.05) is 24.5 Å². The fourth-order valence-electron chi connectivity index (χ4n) is 4.44. The van der Waals surface area contributed by atoms with Crippen molar-refractivity contribution in [3.8, 4) is 11.5 Å². The van der Waals surface area contributed by atoms with E-state index in [1.54, 1.807) is 0 Å². The van der Waals surface area contributed by atoms with Gasteiger partial charge >= 0.3 is 0 Å². The summed E-state index contributed by atoms with van der Waals surface area (Å²) in [7, 11) is 0. The SMILES string of the molecule is C=CC[C@@H]1N2CC[C@@]1(C(=C)C)c1cc3c(cc1C2)OCO3. The highest BCUT2D eigenvalue weighted by molar-refractivity contribution is 5.56. The summed E-state index contributed by atoms with van der Waals surface area (Å²) in [6, 6.07) is 4.84. The molecule has 1 fully saturated rings. The van der Waals surface area contributed by atoms with Crippen molar-refractivity contribution in [3.63, 3.8) is 0 Å². The Morgan fingerprint density at radius 3 is 2.90 bits per heavy atom. The molecule has 4 rings (SSSR count). The van der Waals surface area contributed by atoms with Gasteiger partial charge in [-0.05, 0) is 43.0 Å². The van der Waals surface area contributed by atoms with Crippen LogP contribution in [0.25, 0.3) is 0 Å². The van der Waals surface area contributed by atoms with E-state index in [2.05, 4.69) is 37.1 Å². The summed E-state index contributed by atoms with van der Waals surface area (Å²) < 4.78 is 11.1. The van der Waals surface area contributed by atoms with Crippen LogP contribution in [-0.2, 0) is 12.0 Å². The van der Waals surface area contributed by atoms with Gasteiger partial charge in [0.05, 0.1) is 0 Å². The van der Waals surface area contributed by atoms with E-state index in [0.717, 1.165) is 37.4 Å². The van der Waals surface area contributed by atoms with Gasteiger partial charge in [-0.1, -0.05) is 18.2 Å². The lowest BCUT2D eigenvalue weighted by Crippen LogP contribution is -2.47. The van der Waals surface area contributed by atoms with Gasteiger partial charge in [0.15, 0.2) is 11.5 Å². The van der Waals surface area contributed by atoms with Crippen molar-refractivity contribution >= 4 is 0 Å². The number of ether oxygens (including phenoxy) is 2. The molecule has 0 amide bonds. The Bertz CT molecular complexity index is 636. The van der Waals surface area contributed by atoms with Gasteiger partial charge in [-0.15, -0.1) is 6.58 Å². The molecular weight excluding hydrogens is 262 g/mol. The van der Waals surface area contributed by atoms with Crippen molar-refractivity contribution in [1.29, 1.82) is 0 Å². The lowest BCUT2D eigenvalue weighted by atomic mass is 9.66. The largest absolute Gasteiger partial charge is 0.454 e. The average molecular weight is 283 g/mol. The molecule has 0 radical (unpaired) electrons. The maximum atomic E-state index is 5.61. The Labute approximate surface area is 125 Å². The quantitative estimate of drug-likeness (QED) is 0.794. The van der Waals surface area contributed by atoms with E-state index in [-0.39, 0.29) is 5.41 Å². The van der Waals surface area contributed by atoms with Crippen LogP contribution in [-0.4, -0.2) is 24.3 Å². The zero-order chi connectivity index (χ0) is 14.6. The van der Waals surface area contributed by atoms with Gasteiger partial charge in [0.2, 0.25) is 6.79 Å². The Morgan fingerprint density at radius 2 is 2.19 bits per heavy atom. The van der Waals surface area contributed by atoms with E-state index in [0.29, 0.717) is 12.8 Å². The molecule has 1 aromatic rings. The van der Waals surface area contributed by atoms with Gasteiger partial charge in [-0.3, -0.25) is 4.90 Å². The fraction of sp³-hybridized carbons (Fsp3) is 0.444. The second-order valence-corrected chi connectivity index (χ2v) is 6.37. The minimum absolute atomic E-state index is 0.0305. The van der Waals surface area contributed by atoms with Gasteiger partial charge in [0.1, 0.15) is 0 Å². The Hall–Kier alpha value is -1.74. The Morgan fingerprint density at radius 1 is 1.43 bits per heavy atom. The topological polar surface area (TPSA) is 21.7 Å².